The van der Waals surface area contributed by atoms with E-state index in [1.54, 1.807) is 5.57 Å². The van der Waals surface area contributed by atoms with E-state index in [9.17, 15) is 0 Å². The van der Waals surface area contributed by atoms with Gasteiger partial charge in [-0.15, -0.1) is 0 Å². The first-order valence-electron chi connectivity index (χ1n) is 6.77. The first-order valence-corrected chi connectivity index (χ1v) is 7.69. The molecule has 1 spiro atoms. The highest BCUT2D eigenvalue weighted by atomic mass is 79.9. The highest BCUT2D eigenvalue weighted by Gasteiger charge is 2.53. The van der Waals surface area contributed by atoms with Crippen molar-refractivity contribution >= 4 is 15.9 Å². The maximum atomic E-state index is 5.98. The number of hydrogen-bond acceptors (Lipinski definition) is 2. The van der Waals surface area contributed by atoms with E-state index in [4.69, 9.17) is 9.47 Å². The van der Waals surface area contributed by atoms with Gasteiger partial charge in [0, 0.05) is 16.7 Å². The molecule has 0 N–H and O–H groups in total. The third-order valence-electron chi connectivity index (χ3n) is 4.93. The van der Waals surface area contributed by atoms with Crippen molar-refractivity contribution in [3.05, 3.63) is 11.1 Å². The van der Waals surface area contributed by atoms with Gasteiger partial charge in [-0.25, -0.2) is 0 Å². The Labute approximate surface area is 112 Å². The zero-order valence-electron chi connectivity index (χ0n) is 10.7. The van der Waals surface area contributed by atoms with Crippen molar-refractivity contribution < 1.29 is 9.47 Å². The minimum atomic E-state index is -0.347. The Hall–Kier alpha value is 0.140. The fraction of sp³-hybridized carbons (Fsp3) is 0.857. The molecule has 2 nitrogen and oxygen atoms in total. The largest absolute Gasteiger partial charge is 0.344 e. The molecule has 3 heteroatoms. The number of ether oxygens (including phenoxy) is 2. The highest BCUT2D eigenvalue weighted by Crippen LogP contribution is 2.58. The van der Waals surface area contributed by atoms with E-state index < -0.39 is 0 Å². The van der Waals surface area contributed by atoms with Gasteiger partial charge >= 0.3 is 0 Å². The van der Waals surface area contributed by atoms with Crippen LogP contribution >= 0.6 is 15.9 Å². The molecular weight excluding hydrogens is 280 g/mol. The molecule has 1 aliphatic heterocycles. The minimum absolute atomic E-state index is 0.339. The van der Waals surface area contributed by atoms with E-state index >= 15 is 0 Å². The molecule has 96 valence electrons. The fourth-order valence-electron chi connectivity index (χ4n) is 3.93. The summed E-state index contributed by atoms with van der Waals surface area (Å²) in [5, 5.41) is 0. The Morgan fingerprint density at radius 2 is 2.00 bits per heavy atom. The SMILES string of the molecule is CCC1=C2CC[C@H](Br)[C@]2(C)CCC12OCCO2. The van der Waals surface area contributed by atoms with Crippen LogP contribution in [-0.4, -0.2) is 23.8 Å². The van der Waals surface area contributed by atoms with Crippen LogP contribution < -0.4 is 0 Å². The van der Waals surface area contributed by atoms with Crippen molar-refractivity contribution in [1.82, 2.24) is 0 Å². The summed E-state index contributed by atoms with van der Waals surface area (Å²) in [5.74, 6) is -0.347. The van der Waals surface area contributed by atoms with Crippen LogP contribution in [0.15, 0.2) is 11.1 Å². The van der Waals surface area contributed by atoms with E-state index in [2.05, 4.69) is 29.8 Å². The Morgan fingerprint density at radius 1 is 1.29 bits per heavy atom. The predicted octanol–water partition coefficient (Wildman–Crippen LogP) is 3.79. The van der Waals surface area contributed by atoms with Crippen LogP contribution in [0.1, 0.15) is 46.0 Å². The summed E-state index contributed by atoms with van der Waals surface area (Å²) in [6.07, 6.45) is 5.74. The second kappa shape index (κ2) is 4.07. The molecule has 2 atom stereocenters. The molecule has 2 aliphatic carbocycles. The minimum Gasteiger partial charge on any atom is -0.344 e. The Balaban J connectivity index is 2.07. The predicted molar refractivity (Wildman–Crippen MR) is 71.2 cm³/mol. The van der Waals surface area contributed by atoms with Crippen molar-refractivity contribution in [3.63, 3.8) is 0 Å². The van der Waals surface area contributed by atoms with Gasteiger partial charge in [-0.3, -0.25) is 0 Å². The lowest BCUT2D eigenvalue weighted by molar-refractivity contribution is -0.143. The number of hydrogen-bond donors (Lipinski definition) is 0. The Bertz CT molecular complexity index is 357. The monoisotopic (exact) mass is 300 g/mol. The number of allylic oxidation sites excluding steroid dienone is 1. The fourth-order valence-corrected chi connectivity index (χ4v) is 4.66. The van der Waals surface area contributed by atoms with Gasteiger partial charge in [0.2, 0.25) is 0 Å². The first-order chi connectivity index (χ1) is 8.12. The van der Waals surface area contributed by atoms with E-state index in [0.717, 1.165) is 26.1 Å². The average molecular weight is 301 g/mol. The van der Waals surface area contributed by atoms with Crippen molar-refractivity contribution in [2.75, 3.05) is 13.2 Å². The summed E-state index contributed by atoms with van der Waals surface area (Å²) in [6.45, 7) is 6.16. The van der Waals surface area contributed by atoms with Crippen LogP contribution in [0, 0.1) is 5.41 Å². The number of rotatable bonds is 1. The van der Waals surface area contributed by atoms with Gasteiger partial charge in [0.25, 0.3) is 0 Å². The summed E-state index contributed by atoms with van der Waals surface area (Å²) >= 11 is 3.87. The van der Waals surface area contributed by atoms with E-state index in [0.29, 0.717) is 10.2 Å². The summed E-state index contributed by atoms with van der Waals surface area (Å²) in [6, 6.07) is 0. The van der Waals surface area contributed by atoms with Crippen LogP contribution in [-0.2, 0) is 9.47 Å². The molecule has 0 unspecified atom stereocenters. The van der Waals surface area contributed by atoms with Crippen LogP contribution in [0.3, 0.4) is 0 Å². The zero-order valence-corrected chi connectivity index (χ0v) is 12.3. The molecule has 0 amide bonds. The Kier molecular flexibility index (Phi) is 2.92. The maximum Gasteiger partial charge on any atom is 0.191 e. The zero-order chi connectivity index (χ0) is 12.1. The molecule has 0 aromatic carbocycles. The lowest BCUT2D eigenvalue weighted by atomic mass is 9.70. The summed E-state index contributed by atoms with van der Waals surface area (Å²) in [7, 11) is 0. The summed E-state index contributed by atoms with van der Waals surface area (Å²) in [5.41, 5.74) is 3.41. The second-order valence-corrected chi connectivity index (χ2v) is 6.79. The van der Waals surface area contributed by atoms with Crippen molar-refractivity contribution in [2.45, 2.75) is 56.6 Å². The first kappa shape index (κ1) is 12.2. The summed E-state index contributed by atoms with van der Waals surface area (Å²) < 4.78 is 12.0. The third kappa shape index (κ3) is 1.58. The van der Waals surface area contributed by atoms with Crippen molar-refractivity contribution in [1.29, 1.82) is 0 Å². The number of alkyl halides is 1. The van der Waals surface area contributed by atoms with Crippen LogP contribution in [0.4, 0.5) is 0 Å². The molecule has 3 rings (SSSR count). The molecule has 1 saturated carbocycles. The summed E-state index contributed by atoms with van der Waals surface area (Å²) in [4.78, 5) is 0.630. The van der Waals surface area contributed by atoms with Gasteiger partial charge in [-0.05, 0) is 31.3 Å². The maximum absolute atomic E-state index is 5.98. The van der Waals surface area contributed by atoms with Crippen LogP contribution in [0.5, 0.6) is 0 Å². The second-order valence-electron chi connectivity index (χ2n) is 5.68. The Morgan fingerprint density at radius 3 is 2.65 bits per heavy atom. The molecule has 0 radical (unpaired) electrons. The molecule has 1 saturated heterocycles. The van der Waals surface area contributed by atoms with Gasteiger partial charge in [-0.2, -0.15) is 0 Å². The van der Waals surface area contributed by atoms with E-state index in [-0.39, 0.29) is 5.79 Å². The van der Waals surface area contributed by atoms with Gasteiger partial charge < -0.3 is 9.47 Å². The van der Waals surface area contributed by atoms with E-state index in [1.807, 2.05) is 0 Å². The van der Waals surface area contributed by atoms with Crippen molar-refractivity contribution in [3.8, 4) is 0 Å². The molecular formula is C14H21BrO2. The molecule has 0 aromatic heterocycles. The third-order valence-corrected chi connectivity index (χ3v) is 6.40. The van der Waals surface area contributed by atoms with E-state index in [1.165, 1.54) is 24.8 Å². The molecule has 17 heavy (non-hydrogen) atoms. The lowest BCUT2D eigenvalue weighted by Crippen LogP contribution is -2.42. The number of fused-ring (bicyclic) bond motifs is 1. The standard InChI is InChI=1S/C14H21BrO2/c1-3-10-11-4-5-12(15)13(11,2)6-7-14(10)16-8-9-17-14/h12H,3-9H2,1-2H3/t12-,13+/m0/s1. The molecule has 3 aliphatic rings. The molecule has 0 bridgehead atoms. The van der Waals surface area contributed by atoms with Gasteiger partial charge in [-0.1, -0.05) is 35.4 Å². The average Bonchev–Trinajstić information content (AvgIpc) is 2.89. The molecule has 1 heterocycles. The molecule has 0 aromatic rings. The lowest BCUT2D eigenvalue weighted by Gasteiger charge is -2.43. The topological polar surface area (TPSA) is 18.5 Å². The van der Waals surface area contributed by atoms with Gasteiger partial charge in [0.15, 0.2) is 5.79 Å². The molecule has 2 fully saturated rings. The number of halogens is 1. The quantitative estimate of drug-likeness (QED) is 0.542. The van der Waals surface area contributed by atoms with Crippen molar-refractivity contribution in [2.24, 2.45) is 5.41 Å². The van der Waals surface area contributed by atoms with Crippen LogP contribution in [0.2, 0.25) is 0 Å². The van der Waals surface area contributed by atoms with Crippen LogP contribution in [0.25, 0.3) is 0 Å². The normalized spacial score (nSPS) is 40.1. The van der Waals surface area contributed by atoms with Gasteiger partial charge in [0.05, 0.1) is 13.2 Å². The van der Waals surface area contributed by atoms with Gasteiger partial charge in [0.1, 0.15) is 0 Å². The highest BCUT2D eigenvalue weighted by molar-refractivity contribution is 9.09. The smallest absolute Gasteiger partial charge is 0.191 e.